The summed E-state index contributed by atoms with van der Waals surface area (Å²) in [7, 11) is 0. The summed E-state index contributed by atoms with van der Waals surface area (Å²) in [6.07, 6.45) is 0. The summed E-state index contributed by atoms with van der Waals surface area (Å²) in [5.41, 5.74) is 8.20. The summed E-state index contributed by atoms with van der Waals surface area (Å²) in [6.45, 7) is 0. The minimum Gasteiger partial charge on any atom is -0.352 e. The van der Waals surface area contributed by atoms with Crippen molar-refractivity contribution in [2.45, 2.75) is 0 Å². The molecule has 1 N–H and O–H groups in total. The quantitative estimate of drug-likeness (QED) is 0.378. The Morgan fingerprint density at radius 1 is 0.462 bits per heavy atom. The van der Waals surface area contributed by atoms with Gasteiger partial charge in [-0.15, -0.1) is 0 Å². The average Bonchev–Trinajstić information content (AvgIpc) is 2.73. The molecule has 124 valence electrons. The van der Waals surface area contributed by atoms with Gasteiger partial charge in [0.1, 0.15) is 0 Å². The third-order valence-electron chi connectivity index (χ3n) is 4.79. The fourth-order valence-corrected chi connectivity index (χ4v) is 3.54. The van der Waals surface area contributed by atoms with Gasteiger partial charge in [-0.1, -0.05) is 66.7 Å². The molecular formula is C24H18N2. The first-order chi connectivity index (χ1) is 12.9. The van der Waals surface area contributed by atoms with Crippen molar-refractivity contribution in [3.05, 3.63) is 103 Å². The predicted octanol–water partition coefficient (Wildman–Crippen LogP) is 6.88. The fraction of sp³-hybridized carbons (Fsp3) is 0. The molecule has 1 heterocycles. The van der Waals surface area contributed by atoms with E-state index < -0.39 is 0 Å². The fourth-order valence-electron chi connectivity index (χ4n) is 3.54. The Kier molecular flexibility index (Phi) is 3.46. The van der Waals surface area contributed by atoms with Gasteiger partial charge in [-0.2, -0.15) is 0 Å². The molecule has 26 heavy (non-hydrogen) atoms. The lowest BCUT2D eigenvalue weighted by Gasteiger charge is -2.34. The Bertz CT molecular complexity index is 1010. The summed E-state index contributed by atoms with van der Waals surface area (Å²) in [4.78, 5) is 2.32. The second kappa shape index (κ2) is 6.08. The third kappa shape index (κ3) is 2.44. The standard InChI is InChI=1S/C24H18N2/c1-2-8-18(9-3-1)19-14-16-20(17-15-19)26-23-12-6-4-10-21(23)25-22-11-5-7-13-24(22)26/h1-17,25H. The van der Waals surface area contributed by atoms with Crippen LogP contribution in [0.25, 0.3) is 11.1 Å². The third-order valence-corrected chi connectivity index (χ3v) is 4.79. The zero-order valence-corrected chi connectivity index (χ0v) is 14.3. The van der Waals surface area contributed by atoms with Crippen LogP contribution in [0, 0.1) is 0 Å². The van der Waals surface area contributed by atoms with E-state index in [9.17, 15) is 0 Å². The largest absolute Gasteiger partial charge is 0.352 e. The molecule has 0 bridgehead atoms. The molecule has 4 aromatic carbocycles. The van der Waals surface area contributed by atoms with Gasteiger partial charge in [0.25, 0.3) is 0 Å². The Balaban J connectivity index is 1.62. The van der Waals surface area contributed by atoms with E-state index in [0.717, 1.165) is 17.1 Å². The van der Waals surface area contributed by atoms with Crippen LogP contribution in [0.4, 0.5) is 28.4 Å². The van der Waals surface area contributed by atoms with Crippen LogP contribution in [-0.4, -0.2) is 0 Å². The highest BCUT2D eigenvalue weighted by atomic mass is 15.2. The maximum absolute atomic E-state index is 3.54. The van der Waals surface area contributed by atoms with E-state index in [1.165, 1.54) is 22.5 Å². The van der Waals surface area contributed by atoms with Gasteiger partial charge in [0.15, 0.2) is 0 Å². The van der Waals surface area contributed by atoms with E-state index in [4.69, 9.17) is 0 Å². The monoisotopic (exact) mass is 334 g/mol. The molecule has 0 amide bonds. The number of rotatable bonds is 2. The number of nitrogens with one attached hydrogen (secondary N) is 1. The first-order valence-corrected chi connectivity index (χ1v) is 8.81. The molecule has 0 radical (unpaired) electrons. The Hall–Kier alpha value is -3.52. The number of nitrogens with zero attached hydrogens (tertiary/aromatic N) is 1. The summed E-state index contributed by atoms with van der Waals surface area (Å²) in [6, 6.07) is 36.1. The first-order valence-electron chi connectivity index (χ1n) is 8.81. The van der Waals surface area contributed by atoms with Crippen LogP contribution < -0.4 is 10.2 Å². The van der Waals surface area contributed by atoms with Crippen LogP contribution in [0.5, 0.6) is 0 Å². The highest BCUT2D eigenvalue weighted by Crippen LogP contribution is 2.47. The summed E-state index contributed by atoms with van der Waals surface area (Å²) in [5, 5.41) is 3.54. The highest BCUT2D eigenvalue weighted by molar-refractivity contribution is 5.96. The molecular weight excluding hydrogens is 316 g/mol. The topological polar surface area (TPSA) is 15.3 Å². The van der Waals surface area contributed by atoms with Crippen molar-refractivity contribution >= 4 is 28.4 Å². The second-order valence-electron chi connectivity index (χ2n) is 6.41. The molecule has 0 aromatic heterocycles. The van der Waals surface area contributed by atoms with Gasteiger partial charge >= 0.3 is 0 Å². The van der Waals surface area contributed by atoms with Crippen molar-refractivity contribution in [3.8, 4) is 11.1 Å². The molecule has 4 aromatic rings. The number of fused-ring (bicyclic) bond motifs is 2. The molecule has 0 spiro atoms. The van der Waals surface area contributed by atoms with Crippen molar-refractivity contribution in [2.24, 2.45) is 0 Å². The molecule has 0 saturated heterocycles. The lowest BCUT2D eigenvalue weighted by molar-refractivity contribution is 1.25. The molecule has 1 aliphatic heterocycles. The van der Waals surface area contributed by atoms with Gasteiger partial charge in [0.2, 0.25) is 0 Å². The predicted molar refractivity (Wildman–Crippen MR) is 110 cm³/mol. The Morgan fingerprint density at radius 3 is 1.58 bits per heavy atom. The van der Waals surface area contributed by atoms with E-state index in [-0.39, 0.29) is 0 Å². The Labute approximate surface area is 153 Å². The van der Waals surface area contributed by atoms with Crippen molar-refractivity contribution < 1.29 is 0 Å². The van der Waals surface area contributed by atoms with Crippen molar-refractivity contribution in [1.29, 1.82) is 0 Å². The zero-order chi connectivity index (χ0) is 17.3. The van der Waals surface area contributed by atoms with Crippen LogP contribution in [0.2, 0.25) is 0 Å². The molecule has 0 aliphatic carbocycles. The maximum atomic E-state index is 3.54. The van der Waals surface area contributed by atoms with Crippen molar-refractivity contribution in [2.75, 3.05) is 10.2 Å². The van der Waals surface area contributed by atoms with E-state index >= 15 is 0 Å². The van der Waals surface area contributed by atoms with Gasteiger partial charge in [-0.3, -0.25) is 0 Å². The number of hydrogen-bond acceptors (Lipinski definition) is 2. The van der Waals surface area contributed by atoms with Crippen LogP contribution in [-0.2, 0) is 0 Å². The van der Waals surface area contributed by atoms with Gasteiger partial charge < -0.3 is 10.2 Å². The highest BCUT2D eigenvalue weighted by Gasteiger charge is 2.23. The molecule has 1 aliphatic rings. The molecule has 5 rings (SSSR count). The number of anilines is 5. The lowest BCUT2D eigenvalue weighted by atomic mass is 10.0. The van der Waals surface area contributed by atoms with Crippen LogP contribution in [0.3, 0.4) is 0 Å². The molecule has 2 nitrogen and oxygen atoms in total. The SMILES string of the molecule is c1ccc(-c2ccc(N3c4ccccc4Nc4ccccc43)cc2)cc1. The normalized spacial score (nSPS) is 12.1. The molecule has 0 saturated carbocycles. The van der Waals surface area contributed by atoms with Gasteiger partial charge in [0, 0.05) is 5.69 Å². The smallest absolute Gasteiger partial charge is 0.0697 e. The molecule has 0 atom stereocenters. The summed E-state index contributed by atoms with van der Waals surface area (Å²) in [5.74, 6) is 0. The average molecular weight is 334 g/mol. The zero-order valence-electron chi connectivity index (χ0n) is 14.3. The van der Waals surface area contributed by atoms with E-state index in [0.29, 0.717) is 0 Å². The molecule has 0 fully saturated rings. The van der Waals surface area contributed by atoms with E-state index in [1.807, 2.05) is 6.07 Å². The molecule has 2 heteroatoms. The van der Waals surface area contributed by atoms with Crippen LogP contribution >= 0.6 is 0 Å². The lowest BCUT2D eigenvalue weighted by Crippen LogP contribution is -2.17. The molecule has 0 unspecified atom stereocenters. The second-order valence-corrected chi connectivity index (χ2v) is 6.41. The van der Waals surface area contributed by atoms with Gasteiger partial charge in [-0.25, -0.2) is 0 Å². The van der Waals surface area contributed by atoms with Gasteiger partial charge in [-0.05, 0) is 47.5 Å². The first kappa shape index (κ1) is 14.8. The Morgan fingerprint density at radius 2 is 0.962 bits per heavy atom. The number of hydrogen-bond donors (Lipinski definition) is 1. The van der Waals surface area contributed by atoms with Crippen molar-refractivity contribution in [3.63, 3.8) is 0 Å². The van der Waals surface area contributed by atoms with Crippen molar-refractivity contribution in [1.82, 2.24) is 0 Å². The van der Waals surface area contributed by atoms with E-state index in [1.54, 1.807) is 0 Å². The summed E-state index contributed by atoms with van der Waals surface area (Å²) >= 11 is 0. The van der Waals surface area contributed by atoms with Gasteiger partial charge in [0.05, 0.1) is 22.7 Å². The minimum absolute atomic E-state index is 1.12. The maximum Gasteiger partial charge on any atom is 0.0697 e. The van der Waals surface area contributed by atoms with Crippen LogP contribution in [0.1, 0.15) is 0 Å². The summed E-state index contributed by atoms with van der Waals surface area (Å²) < 4.78 is 0. The number of para-hydroxylation sites is 4. The number of benzene rings is 4. The van der Waals surface area contributed by atoms with Crippen LogP contribution in [0.15, 0.2) is 103 Å². The van der Waals surface area contributed by atoms with E-state index in [2.05, 4.69) is 107 Å². The minimum atomic E-state index is 1.12.